The zero-order chi connectivity index (χ0) is 13.3. The molecule has 0 aromatic carbocycles. The highest BCUT2D eigenvalue weighted by Gasteiger charge is 2.49. The first-order valence-corrected chi connectivity index (χ1v) is 6.04. The number of aliphatic imine (C=N–C) groups is 1. The van der Waals surface area contributed by atoms with E-state index in [1.165, 1.54) is 0 Å². The number of carbonyl (C=O) groups excluding carboxylic acids is 2. The van der Waals surface area contributed by atoms with E-state index in [-0.39, 0.29) is 12.5 Å². The van der Waals surface area contributed by atoms with Crippen LogP contribution in [0, 0.1) is 23.2 Å². The van der Waals surface area contributed by atoms with Gasteiger partial charge in [0.1, 0.15) is 5.92 Å². The molecule has 0 aromatic heterocycles. The van der Waals surface area contributed by atoms with Crippen molar-refractivity contribution < 1.29 is 14.3 Å². The van der Waals surface area contributed by atoms with Crippen LogP contribution in [-0.2, 0) is 4.74 Å². The lowest BCUT2D eigenvalue weighted by Gasteiger charge is -2.34. The quantitative estimate of drug-likeness (QED) is 0.748. The Morgan fingerprint density at radius 3 is 2.78 bits per heavy atom. The van der Waals surface area contributed by atoms with Gasteiger partial charge in [-0.3, -0.25) is 0 Å². The lowest BCUT2D eigenvalue weighted by Crippen LogP contribution is -2.53. The van der Waals surface area contributed by atoms with Crippen LogP contribution in [0.4, 0.5) is 9.59 Å². The molecule has 0 bridgehead atoms. The summed E-state index contributed by atoms with van der Waals surface area (Å²) >= 11 is 0. The van der Waals surface area contributed by atoms with E-state index in [1.54, 1.807) is 13.8 Å². The van der Waals surface area contributed by atoms with E-state index in [1.807, 2.05) is 0 Å². The van der Waals surface area contributed by atoms with Crippen molar-refractivity contribution in [3.05, 3.63) is 0 Å². The Balaban J connectivity index is 2.33. The van der Waals surface area contributed by atoms with Crippen molar-refractivity contribution in [3.8, 4) is 6.07 Å². The molecular formula is C12H15N3O3. The second kappa shape index (κ2) is 4.77. The standard InChI is InChI=1S/C12H15N3O3/c1-3-18-12(17)15-10(8-4-5-8)9(6-13)7(2)14-11(15)16/h8-10H,3-5H2,1-2H3. The molecule has 1 heterocycles. The van der Waals surface area contributed by atoms with Crippen LogP contribution in [0.1, 0.15) is 26.7 Å². The Bertz CT molecular complexity index is 448. The Morgan fingerprint density at radius 1 is 1.61 bits per heavy atom. The largest absolute Gasteiger partial charge is 0.449 e. The molecule has 1 aliphatic carbocycles. The third-order valence-corrected chi connectivity index (χ3v) is 3.28. The van der Waals surface area contributed by atoms with Gasteiger partial charge in [0.25, 0.3) is 0 Å². The van der Waals surface area contributed by atoms with Gasteiger partial charge in [0.05, 0.1) is 18.7 Å². The van der Waals surface area contributed by atoms with E-state index in [2.05, 4.69) is 11.1 Å². The summed E-state index contributed by atoms with van der Waals surface area (Å²) in [6.07, 6.45) is 1.16. The highest BCUT2D eigenvalue weighted by atomic mass is 16.6. The predicted molar refractivity (Wildman–Crippen MR) is 63.0 cm³/mol. The number of urea groups is 1. The van der Waals surface area contributed by atoms with Crippen LogP contribution in [-0.4, -0.2) is 35.4 Å². The number of hydrogen-bond acceptors (Lipinski definition) is 4. The van der Waals surface area contributed by atoms with Gasteiger partial charge in [-0.2, -0.15) is 5.26 Å². The van der Waals surface area contributed by atoms with E-state index in [9.17, 15) is 14.9 Å². The maximum atomic E-state index is 11.9. The van der Waals surface area contributed by atoms with Gasteiger partial charge in [-0.25, -0.2) is 19.5 Å². The fraction of sp³-hybridized carbons (Fsp3) is 0.667. The van der Waals surface area contributed by atoms with Crippen LogP contribution < -0.4 is 0 Å². The van der Waals surface area contributed by atoms with E-state index in [0.717, 1.165) is 17.7 Å². The number of ether oxygens (including phenoxy) is 1. The van der Waals surface area contributed by atoms with Crippen molar-refractivity contribution in [2.45, 2.75) is 32.7 Å². The SMILES string of the molecule is CCOC(=O)N1C(=O)N=C(C)C(C#N)C1C1CC1. The number of rotatable bonds is 2. The lowest BCUT2D eigenvalue weighted by atomic mass is 9.90. The smallest absolute Gasteiger partial charge is 0.418 e. The number of imide groups is 1. The minimum absolute atomic E-state index is 0.194. The number of hydrogen-bond donors (Lipinski definition) is 0. The molecule has 6 heteroatoms. The van der Waals surface area contributed by atoms with Crippen molar-refractivity contribution in [1.82, 2.24) is 4.90 Å². The molecule has 1 fully saturated rings. The molecule has 2 rings (SSSR count). The van der Waals surface area contributed by atoms with E-state index >= 15 is 0 Å². The molecule has 0 aromatic rings. The maximum absolute atomic E-state index is 11.9. The average molecular weight is 249 g/mol. The second-order valence-electron chi connectivity index (χ2n) is 4.54. The van der Waals surface area contributed by atoms with Crippen LogP contribution >= 0.6 is 0 Å². The molecule has 1 saturated carbocycles. The normalized spacial score (nSPS) is 27.5. The van der Waals surface area contributed by atoms with Crippen LogP contribution in [0.25, 0.3) is 0 Å². The van der Waals surface area contributed by atoms with E-state index in [0.29, 0.717) is 5.71 Å². The molecule has 18 heavy (non-hydrogen) atoms. The van der Waals surface area contributed by atoms with Crippen LogP contribution in [0.5, 0.6) is 0 Å². The molecule has 1 aliphatic heterocycles. The third kappa shape index (κ3) is 2.08. The monoisotopic (exact) mass is 249 g/mol. The summed E-state index contributed by atoms with van der Waals surface area (Å²) in [5, 5.41) is 9.20. The van der Waals surface area contributed by atoms with Crippen LogP contribution in [0.15, 0.2) is 4.99 Å². The highest BCUT2D eigenvalue weighted by molar-refractivity contribution is 6.04. The Kier molecular flexibility index (Phi) is 3.32. The van der Waals surface area contributed by atoms with E-state index in [4.69, 9.17) is 4.74 Å². The van der Waals surface area contributed by atoms with Crippen molar-refractivity contribution in [2.75, 3.05) is 6.61 Å². The van der Waals surface area contributed by atoms with Crippen LogP contribution in [0.2, 0.25) is 0 Å². The molecule has 0 spiro atoms. The van der Waals surface area contributed by atoms with Crippen molar-refractivity contribution >= 4 is 17.8 Å². The van der Waals surface area contributed by atoms with Crippen molar-refractivity contribution in [2.24, 2.45) is 16.8 Å². The molecule has 2 atom stereocenters. The Hall–Kier alpha value is -1.90. The molecular weight excluding hydrogens is 234 g/mol. The summed E-state index contributed by atoms with van der Waals surface area (Å²) in [6.45, 7) is 3.53. The average Bonchev–Trinajstić information content (AvgIpc) is 3.11. The first-order chi connectivity index (χ1) is 8.60. The van der Waals surface area contributed by atoms with E-state index < -0.39 is 24.1 Å². The lowest BCUT2D eigenvalue weighted by molar-refractivity contribution is 0.0939. The molecule has 0 N–H and O–H groups in total. The summed E-state index contributed by atoms with van der Waals surface area (Å²) in [6, 6.07) is 1.11. The fourth-order valence-electron chi connectivity index (χ4n) is 2.28. The van der Waals surface area contributed by atoms with Gasteiger partial charge in [0.2, 0.25) is 0 Å². The van der Waals surface area contributed by atoms with Gasteiger partial charge in [-0.05, 0) is 32.6 Å². The minimum atomic E-state index is -0.698. The van der Waals surface area contributed by atoms with Gasteiger partial charge in [-0.15, -0.1) is 0 Å². The number of carbonyl (C=O) groups is 2. The van der Waals surface area contributed by atoms with Crippen molar-refractivity contribution in [1.29, 1.82) is 5.26 Å². The Morgan fingerprint density at radius 2 is 2.28 bits per heavy atom. The van der Waals surface area contributed by atoms with Crippen LogP contribution in [0.3, 0.4) is 0 Å². The fourth-order valence-corrected chi connectivity index (χ4v) is 2.28. The zero-order valence-corrected chi connectivity index (χ0v) is 10.4. The minimum Gasteiger partial charge on any atom is -0.449 e. The molecule has 3 amide bonds. The molecule has 0 saturated heterocycles. The molecule has 2 aliphatic rings. The van der Waals surface area contributed by atoms with Gasteiger partial charge >= 0.3 is 12.1 Å². The van der Waals surface area contributed by atoms with Gasteiger partial charge < -0.3 is 4.74 Å². The molecule has 6 nitrogen and oxygen atoms in total. The summed E-state index contributed by atoms with van der Waals surface area (Å²) in [5.41, 5.74) is 0.486. The first-order valence-electron chi connectivity index (χ1n) is 6.04. The first kappa shape index (κ1) is 12.6. The topological polar surface area (TPSA) is 82.8 Å². The Labute approximate surface area is 105 Å². The van der Waals surface area contributed by atoms with Crippen molar-refractivity contribution in [3.63, 3.8) is 0 Å². The summed E-state index contributed by atoms with van der Waals surface area (Å²) in [4.78, 5) is 28.5. The summed E-state index contributed by atoms with van der Waals surface area (Å²) < 4.78 is 4.88. The number of nitriles is 1. The van der Waals surface area contributed by atoms with Gasteiger partial charge in [0, 0.05) is 5.71 Å². The zero-order valence-electron chi connectivity index (χ0n) is 10.4. The second-order valence-corrected chi connectivity index (χ2v) is 4.54. The number of nitrogens with zero attached hydrogens (tertiary/aromatic N) is 3. The highest BCUT2D eigenvalue weighted by Crippen LogP contribution is 2.41. The maximum Gasteiger partial charge on any atom is 0.418 e. The predicted octanol–water partition coefficient (Wildman–Crippen LogP) is 1.96. The summed E-state index contributed by atoms with van der Waals surface area (Å²) in [5.74, 6) is -0.312. The van der Waals surface area contributed by atoms with Gasteiger partial charge in [-0.1, -0.05) is 0 Å². The molecule has 96 valence electrons. The number of amides is 3. The molecule has 2 unspecified atom stereocenters. The third-order valence-electron chi connectivity index (χ3n) is 3.28. The molecule has 0 radical (unpaired) electrons. The summed E-state index contributed by atoms with van der Waals surface area (Å²) in [7, 11) is 0. The van der Waals surface area contributed by atoms with Gasteiger partial charge in [0.15, 0.2) is 0 Å².